The molecule has 0 unspecified atom stereocenters. The summed E-state index contributed by atoms with van der Waals surface area (Å²) in [6.45, 7) is 2.05. The van der Waals surface area contributed by atoms with Gasteiger partial charge in [-0.3, -0.25) is 4.79 Å². The molecule has 0 radical (unpaired) electrons. The molecule has 2 aliphatic rings. The van der Waals surface area contributed by atoms with Gasteiger partial charge in [0.25, 0.3) is 5.91 Å². The van der Waals surface area contributed by atoms with Gasteiger partial charge in [-0.15, -0.1) is 0 Å². The topological polar surface area (TPSA) is 62.5 Å². The Labute approximate surface area is 111 Å². The monoisotopic (exact) mass is 266 g/mol. The highest BCUT2D eigenvalue weighted by Gasteiger charge is 2.32. The maximum atomic E-state index is 12.3. The van der Waals surface area contributed by atoms with Crippen molar-refractivity contribution < 1.29 is 4.79 Å². The standard InChI is InChI=1S/C12H18N4OS/c1-15(8-4-5-8)11(17)9-10(13)14-12(18-9)16-6-2-3-7-16/h8H,2-7,13H2,1H3. The molecule has 1 aromatic heterocycles. The van der Waals surface area contributed by atoms with Crippen molar-refractivity contribution in [2.24, 2.45) is 0 Å². The molecular weight excluding hydrogens is 248 g/mol. The summed E-state index contributed by atoms with van der Waals surface area (Å²) >= 11 is 1.44. The van der Waals surface area contributed by atoms with Crippen LogP contribution in [0.3, 0.4) is 0 Å². The fourth-order valence-electron chi connectivity index (χ4n) is 2.30. The normalized spacial score (nSPS) is 19.3. The second kappa shape index (κ2) is 4.42. The highest BCUT2D eigenvalue weighted by atomic mass is 32.1. The number of hydrogen-bond donors (Lipinski definition) is 1. The van der Waals surface area contributed by atoms with Gasteiger partial charge in [0.05, 0.1) is 0 Å². The lowest BCUT2D eigenvalue weighted by Crippen LogP contribution is -2.28. The first-order valence-corrected chi connectivity index (χ1v) is 7.27. The number of hydrogen-bond acceptors (Lipinski definition) is 5. The van der Waals surface area contributed by atoms with Crippen molar-refractivity contribution in [3.8, 4) is 0 Å². The number of aromatic nitrogens is 1. The molecule has 2 heterocycles. The van der Waals surface area contributed by atoms with Crippen LogP contribution >= 0.6 is 11.3 Å². The largest absolute Gasteiger partial charge is 0.382 e. The van der Waals surface area contributed by atoms with Crippen LogP contribution in [0.25, 0.3) is 0 Å². The van der Waals surface area contributed by atoms with E-state index in [1.54, 1.807) is 4.90 Å². The summed E-state index contributed by atoms with van der Waals surface area (Å²) in [5.74, 6) is 0.414. The number of carbonyl (C=O) groups excluding carboxylic acids is 1. The second-order valence-corrected chi connectivity index (χ2v) is 6.03. The van der Waals surface area contributed by atoms with Crippen molar-refractivity contribution in [3.05, 3.63) is 4.88 Å². The van der Waals surface area contributed by atoms with E-state index in [9.17, 15) is 4.79 Å². The summed E-state index contributed by atoms with van der Waals surface area (Å²) < 4.78 is 0. The van der Waals surface area contributed by atoms with E-state index in [0.717, 1.165) is 31.1 Å². The molecule has 2 fully saturated rings. The van der Waals surface area contributed by atoms with Crippen molar-refractivity contribution in [2.45, 2.75) is 31.7 Å². The minimum atomic E-state index is 0.0259. The van der Waals surface area contributed by atoms with E-state index in [4.69, 9.17) is 5.73 Å². The minimum absolute atomic E-state index is 0.0259. The molecule has 0 spiro atoms. The number of nitrogens with two attached hydrogens (primary N) is 1. The Balaban J connectivity index is 1.80. The number of nitrogens with zero attached hydrogens (tertiary/aromatic N) is 3. The summed E-state index contributed by atoms with van der Waals surface area (Å²) in [5.41, 5.74) is 5.89. The van der Waals surface area contributed by atoms with Crippen LogP contribution in [-0.4, -0.2) is 42.0 Å². The number of carbonyl (C=O) groups is 1. The third-order valence-corrected chi connectivity index (χ3v) is 4.75. The van der Waals surface area contributed by atoms with Crippen LogP contribution in [0.2, 0.25) is 0 Å². The molecule has 6 heteroatoms. The van der Waals surface area contributed by atoms with E-state index in [0.29, 0.717) is 16.7 Å². The Morgan fingerprint density at radius 2 is 2.11 bits per heavy atom. The van der Waals surface area contributed by atoms with Crippen LogP contribution < -0.4 is 10.6 Å². The Kier molecular flexibility index (Phi) is 2.89. The van der Waals surface area contributed by atoms with Gasteiger partial charge in [-0.05, 0) is 25.7 Å². The second-order valence-electron chi connectivity index (χ2n) is 5.05. The van der Waals surface area contributed by atoms with Crippen molar-refractivity contribution in [1.29, 1.82) is 0 Å². The molecule has 0 atom stereocenters. The number of amides is 1. The zero-order valence-electron chi connectivity index (χ0n) is 10.6. The Morgan fingerprint density at radius 1 is 1.44 bits per heavy atom. The van der Waals surface area contributed by atoms with Gasteiger partial charge < -0.3 is 15.5 Å². The molecule has 5 nitrogen and oxygen atoms in total. The van der Waals surface area contributed by atoms with Gasteiger partial charge in [-0.1, -0.05) is 11.3 Å². The lowest BCUT2D eigenvalue weighted by molar-refractivity contribution is 0.0790. The molecule has 1 aliphatic carbocycles. The maximum absolute atomic E-state index is 12.3. The molecule has 1 amide bonds. The predicted molar refractivity (Wildman–Crippen MR) is 73.1 cm³/mol. The van der Waals surface area contributed by atoms with E-state index in [1.807, 2.05) is 7.05 Å². The maximum Gasteiger partial charge on any atom is 0.267 e. The molecule has 1 aromatic rings. The van der Waals surface area contributed by atoms with Gasteiger partial charge in [0, 0.05) is 26.2 Å². The number of thiazole rings is 1. The first-order valence-electron chi connectivity index (χ1n) is 6.45. The summed E-state index contributed by atoms with van der Waals surface area (Å²) in [5, 5.41) is 0.901. The Hall–Kier alpha value is -1.30. The zero-order valence-corrected chi connectivity index (χ0v) is 11.4. The van der Waals surface area contributed by atoms with Gasteiger partial charge in [0.2, 0.25) is 0 Å². The van der Waals surface area contributed by atoms with E-state index in [2.05, 4.69) is 9.88 Å². The summed E-state index contributed by atoms with van der Waals surface area (Å²) in [6.07, 6.45) is 4.62. The van der Waals surface area contributed by atoms with Crippen molar-refractivity contribution in [1.82, 2.24) is 9.88 Å². The Morgan fingerprint density at radius 3 is 2.72 bits per heavy atom. The first kappa shape index (κ1) is 11.8. The first-order chi connectivity index (χ1) is 8.66. The molecule has 3 rings (SSSR count). The third kappa shape index (κ3) is 2.05. The van der Waals surface area contributed by atoms with Crippen LogP contribution in [0.5, 0.6) is 0 Å². The van der Waals surface area contributed by atoms with Crippen molar-refractivity contribution >= 4 is 28.2 Å². The summed E-state index contributed by atoms with van der Waals surface area (Å²) in [7, 11) is 1.86. The molecule has 18 heavy (non-hydrogen) atoms. The fraction of sp³-hybridized carbons (Fsp3) is 0.667. The molecule has 2 N–H and O–H groups in total. The summed E-state index contributed by atoms with van der Waals surface area (Å²) in [4.78, 5) is 21.2. The number of nitrogen functional groups attached to an aromatic ring is 1. The van der Waals surface area contributed by atoms with Crippen molar-refractivity contribution in [2.75, 3.05) is 30.8 Å². The smallest absolute Gasteiger partial charge is 0.267 e. The third-order valence-electron chi connectivity index (χ3n) is 3.63. The number of anilines is 2. The average molecular weight is 266 g/mol. The molecule has 1 aliphatic heterocycles. The molecule has 0 bridgehead atoms. The van der Waals surface area contributed by atoms with Crippen LogP contribution in [0.1, 0.15) is 35.4 Å². The minimum Gasteiger partial charge on any atom is -0.382 e. The molecule has 98 valence electrons. The van der Waals surface area contributed by atoms with Crippen LogP contribution in [-0.2, 0) is 0 Å². The van der Waals surface area contributed by atoms with E-state index in [-0.39, 0.29) is 5.91 Å². The Bertz CT molecular complexity index is 463. The van der Waals surface area contributed by atoms with Crippen LogP contribution in [0, 0.1) is 0 Å². The van der Waals surface area contributed by atoms with Gasteiger partial charge in [0.1, 0.15) is 10.7 Å². The zero-order chi connectivity index (χ0) is 12.7. The SMILES string of the molecule is CN(C(=O)c1sc(N2CCCC2)nc1N)C1CC1. The van der Waals surface area contributed by atoms with Crippen LogP contribution in [0.15, 0.2) is 0 Å². The number of rotatable bonds is 3. The van der Waals surface area contributed by atoms with Gasteiger partial charge in [-0.25, -0.2) is 4.98 Å². The molecular formula is C12H18N4OS. The summed E-state index contributed by atoms with van der Waals surface area (Å²) in [6, 6.07) is 0.411. The highest BCUT2D eigenvalue weighted by molar-refractivity contribution is 7.18. The van der Waals surface area contributed by atoms with Gasteiger partial charge >= 0.3 is 0 Å². The van der Waals surface area contributed by atoms with Gasteiger partial charge in [0.15, 0.2) is 5.13 Å². The van der Waals surface area contributed by atoms with Crippen LogP contribution in [0.4, 0.5) is 10.9 Å². The van der Waals surface area contributed by atoms with E-state index in [1.165, 1.54) is 24.2 Å². The molecule has 1 saturated carbocycles. The van der Waals surface area contributed by atoms with E-state index < -0.39 is 0 Å². The molecule has 1 saturated heterocycles. The van der Waals surface area contributed by atoms with E-state index >= 15 is 0 Å². The quantitative estimate of drug-likeness (QED) is 0.902. The molecule has 0 aromatic carbocycles. The predicted octanol–water partition coefficient (Wildman–Crippen LogP) is 1.56. The fourth-order valence-corrected chi connectivity index (χ4v) is 3.32. The van der Waals surface area contributed by atoms with Gasteiger partial charge in [-0.2, -0.15) is 0 Å². The average Bonchev–Trinajstić information content (AvgIpc) is 2.92. The van der Waals surface area contributed by atoms with Crippen molar-refractivity contribution in [3.63, 3.8) is 0 Å². The lowest BCUT2D eigenvalue weighted by atomic mass is 10.4. The lowest BCUT2D eigenvalue weighted by Gasteiger charge is -2.15. The highest BCUT2D eigenvalue weighted by Crippen LogP contribution is 2.33.